The third kappa shape index (κ3) is 1.93. The predicted molar refractivity (Wildman–Crippen MR) is 58.2 cm³/mol. The summed E-state index contributed by atoms with van der Waals surface area (Å²) in [6.07, 6.45) is 1.54. The molecule has 1 amide bonds. The molecule has 0 aliphatic carbocycles. The highest BCUT2D eigenvalue weighted by atomic mass is 16.5. The molecular formula is C11H13NO3. The lowest BCUT2D eigenvalue weighted by atomic mass is 10.1. The van der Waals surface area contributed by atoms with Gasteiger partial charge in [-0.3, -0.25) is 4.79 Å². The molecule has 0 aliphatic heterocycles. The van der Waals surface area contributed by atoms with Gasteiger partial charge in [0.1, 0.15) is 0 Å². The standard InChI is InChI=1S/C11H13NO3/c1-4-7-5-6-8(14-2)10(15-3)9(7)11(12)13/h4-6H,1H2,2-3H3,(H2,12,13). The van der Waals surface area contributed by atoms with Gasteiger partial charge in [0, 0.05) is 0 Å². The lowest BCUT2D eigenvalue weighted by Crippen LogP contribution is -2.14. The van der Waals surface area contributed by atoms with E-state index in [9.17, 15) is 4.79 Å². The van der Waals surface area contributed by atoms with Crippen molar-refractivity contribution in [3.63, 3.8) is 0 Å². The van der Waals surface area contributed by atoms with Gasteiger partial charge in [0.25, 0.3) is 5.91 Å². The highest BCUT2D eigenvalue weighted by Gasteiger charge is 2.17. The Balaban J connectivity index is 3.51. The van der Waals surface area contributed by atoms with Crippen molar-refractivity contribution in [2.45, 2.75) is 0 Å². The van der Waals surface area contributed by atoms with Crippen LogP contribution in [0.5, 0.6) is 11.5 Å². The summed E-state index contributed by atoms with van der Waals surface area (Å²) in [4.78, 5) is 11.3. The van der Waals surface area contributed by atoms with Gasteiger partial charge in [0.2, 0.25) is 0 Å². The van der Waals surface area contributed by atoms with Gasteiger partial charge in [-0.2, -0.15) is 0 Å². The highest BCUT2D eigenvalue weighted by Crippen LogP contribution is 2.33. The maximum absolute atomic E-state index is 11.3. The number of ether oxygens (including phenoxy) is 2. The normalized spacial score (nSPS) is 9.47. The van der Waals surface area contributed by atoms with Gasteiger partial charge in [-0.1, -0.05) is 18.7 Å². The number of methoxy groups -OCH3 is 2. The molecule has 0 unspecified atom stereocenters. The molecule has 0 atom stereocenters. The molecule has 0 aromatic heterocycles. The van der Waals surface area contributed by atoms with E-state index in [1.54, 1.807) is 18.2 Å². The second-order valence-corrected chi connectivity index (χ2v) is 2.83. The van der Waals surface area contributed by atoms with Crippen LogP contribution in [0.2, 0.25) is 0 Å². The summed E-state index contributed by atoms with van der Waals surface area (Å²) in [5, 5.41) is 0. The number of primary amides is 1. The number of hydrogen-bond donors (Lipinski definition) is 1. The predicted octanol–water partition coefficient (Wildman–Crippen LogP) is 1.45. The second-order valence-electron chi connectivity index (χ2n) is 2.83. The zero-order valence-electron chi connectivity index (χ0n) is 8.74. The van der Waals surface area contributed by atoms with E-state index in [2.05, 4.69) is 6.58 Å². The van der Waals surface area contributed by atoms with Gasteiger partial charge in [-0.25, -0.2) is 0 Å². The van der Waals surface area contributed by atoms with Crippen molar-refractivity contribution in [3.8, 4) is 11.5 Å². The number of hydrogen-bond acceptors (Lipinski definition) is 3. The molecule has 4 nitrogen and oxygen atoms in total. The van der Waals surface area contributed by atoms with Crippen molar-refractivity contribution in [2.75, 3.05) is 14.2 Å². The molecule has 15 heavy (non-hydrogen) atoms. The minimum Gasteiger partial charge on any atom is -0.493 e. The fraction of sp³-hybridized carbons (Fsp3) is 0.182. The summed E-state index contributed by atoms with van der Waals surface area (Å²) in [5.41, 5.74) is 6.18. The van der Waals surface area contributed by atoms with Crippen molar-refractivity contribution in [1.29, 1.82) is 0 Å². The average Bonchev–Trinajstić information content (AvgIpc) is 2.26. The monoisotopic (exact) mass is 207 g/mol. The fourth-order valence-electron chi connectivity index (χ4n) is 1.37. The Bertz CT molecular complexity index is 399. The second kappa shape index (κ2) is 4.50. The van der Waals surface area contributed by atoms with Crippen LogP contribution in [0.15, 0.2) is 18.7 Å². The minimum absolute atomic E-state index is 0.284. The van der Waals surface area contributed by atoms with Crippen LogP contribution in [0.1, 0.15) is 15.9 Å². The molecule has 0 aliphatic rings. The lowest BCUT2D eigenvalue weighted by Gasteiger charge is -2.12. The third-order valence-electron chi connectivity index (χ3n) is 2.04. The van der Waals surface area contributed by atoms with Crippen LogP contribution >= 0.6 is 0 Å². The summed E-state index contributed by atoms with van der Waals surface area (Å²) < 4.78 is 10.2. The van der Waals surface area contributed by atoms with E-state index >= 15 is 0 Å². The van der Waals surface area contributed by atoms with Crippen LogP contribution in [0, 0.1) is 0 Å². The number of benzene rings is 1. The molecule has 1 aromatic rings. The zero-order chi connectivity index (χ0) is 11.4. The van der Waals surface area contributed by atoms with E-state index < -0.39 is 5.91 Å². The van der Waals surface area contributed by atoms with Crippen LogP contribution in [0.25, 0.3) is 6.08 Å². The molecule has 0 saturated carbocycles. The molecule has 80 valence electrons. The molecule has 0 bridgehead atoms. The molecule has 0 saturated heterocycles. The van der Waals surface area contributed by atoms with E-state index in [0.717, 1.165) is 0 Å². The molecule has 0 fully saturated rings. The van der Waals surface area contributed by atoms with Crippen molar-refractivity contribution in [3.05, 3.63) is 29.8 Å². The van der Waals surface area contributed by atoms with E-state index in [-0.39, 0.29) is 5.56 Å². The first-order valence-electron chi connectivity index (χ1n) is 4.33. The van der Waals surface area contributed by atoms with Crippen LogP contribution in [0.3, 0.4) is 0 Å². The van der Waals surface area contributed by atoms with E-state index in [0.29, 0.717) is 17.1 Å². The molecule has 1 rings (SSSR count). The van der Waals surface area contributed by atoms with Gasteiger partial charge in [0.15, 0.2) is 11.5 Å². The van der Waals surface area contributed by atoms with E-state index in [4.69, 9.17) is 15.2 Å². The number of amides is 1. The van der Waals surface area contributed by atoms with Crippen LogP contribution < -0.4 is 15.2 Å². The van der Waals surface area contributed by atoms with E-state index in [1.165, 1.54) is 14.2 Å². The van der Waals surface area contributed by atoms with Gasteiger partial charge in [-0.05, 0) is 11.6 Å². The maximum atomic E-state index is 11.3. The van der Waals surface area contributed by atoms with Gasteiger partial charge < -0.3 is 15.2 Å². The number of carbonyl (C=O) groups excluding carboxylic acids is 1. The fourth-order valence-corrected chi connectivity index (χ4v) is 1.37. The zero-order valence-corrected chi connectivity index (χ0v) is 8.74. The van der Waals surface area contributed by atoms with Gasteiger partial charge in [-0.15, -0.1) is 0 Å². The van der Waals surface area contributed by atoms with E-state index in [1.807, 2.05) is 0 Å². The Morgan fingerprint density at radius 3 is 2.47 bits per heavy atom. The van der Waals surface area contributed by atoms with Crippen LogP contribution in [-0.4, -0.2) is 20.1 Å². The largest absolute Gasteiger partial charge is 0.493 e. The Hall–Kier alpha value is -1.97. The Kier molecular flexibility index (Phi) is 3.33. The van der Waals surface area contributed by atoms with Crippen molar-refractivity contribution in [2.24, 2.45) is 5.73 Å². The summed E-state index contributed by atoms with van der Waals surface area (Å²) in [7, 11) is 2.95. The number of nitrogens with two attached hydrogens (primary N) is 1. The average molecular weight is 207 g/mol. The number of carbonyl (C=O) groups is 1. The third-order valence-corrected chi connectivity index (χ3v) is 2.04. The van der Waals surface area contributed by atoms with Gasteiger partial charge >= 0.3 is 0 Å². The molecule has 2 N–H and O–H groups in total. The molecular weight excluding hydrogens is 194 g/mol. The summed E-state index contributed by atoms with van der Waals surface area (Å²) in [6, 6.07) is 3.40. The van der Waals surface area contributed by atoms with Crippen molar-refractivity contribution >= 4 is 12.0 Å². The first kappa shape index (κ1) is 11.1. The molecule has 0 spiro atoms. The van der Waals surface area contributed by atoms with Crippen molar-refractivity contribution < 1.29 is 14.3 Å². The lowest BCUT2D eigenvalue weighted by molar-refractivity contribution is 0.0996. The molecule has 1 aromatic carbocycles. The number of rotatable bonds is 4. The summed E-state index contributed by atoms with van der Waals surface area (Å²) in [5.74, 6) is 0.236. The minimum atomic E-state index is -0.569. The summed E-state index contributed by atoms with van der Waals surface area (Å²) in [6.45, 7) is 3.60. The molecule has 4 heteroatoms. The molecule has 0 heterocycles. The summed E-state index contributed by atoms with van der Waals surface area (Å²) >= 11 is 0. The highest BCUT2D eigenvalue weighted by molar-refractivity contribution is 6.00. The molecule has 0 radical (unpaired) electrons. The van der Waals surface area contributed by atoms with Crippen LogP contribution in [-0.2, 0) is 0 Å². The van der Waals surface area contributed by atoms with Gasteiger partial charge in [0.05, 0.1) is 19.8 Å². The first-order valence-corrected chi connectivity index (χ1v) is 4.33. The Morgan fingerprint density at radius 1 is 1.40 bits per heavy atom. The quantitative estimate of drug-likeness (QED) is 0.812. The topological polar surface area (TPSA) is 61.6 Å². The SMILES string of the molecule is C=Cc1ccc(OC)c(OC)c1C(N)=O. The Morgan fingerprint density at radius 2 is 2.07 bits per heavy atom. The first-order chi connectivity index (χ1) is 7.15. The van der Waals surface area contributed by atoms with Crippen LogP contribution in [0.4, 0.5) is 0 Å². The van der Waals surface area contributed by atoms with Crippen molar-refractivity contribution in [1.82, 2.24) is 0 Å². The smallest absolute Gasteiger partial charge is 0.253 e. The maximum Gasteiger partial charge on any atom is 0.253 e. The Labute approximate surface area is 88.3 Å².